The van der Waals surface area contributed by atoms with E-state index in [1.807, 2.05) is 6.07 Å². The van der Waals surface area contributed by atoms with Crippen LogP contribution in [-0.4, -0.2) is 5.11 Å². The molecule has 1 aliphatic carbocycles. The summed E-state index contributed by atoms with van der Waals surface area (Å²) in [5.74, 6) is 0.333. The number of fused-ring (bicyclic) bond motifs is 1. The molecule has 0 bridgehead atoms. The van der Waals surface area contributed by atoms with Gasteiger partial charge in [-0.05, 0) is 73.8 Å². The van der Waals surface area contributed by atoms with E-state index in [9.17, 15) is 5.11 Å². The highest BCUT2D eigenvalue weighted by atomic mass is 16.3. The Morgan fingerprint density at radius 3 is 2.43 bits per heavy atom. The number of hydrogen-bond acceptors (Lipinski definition) is 1. The Labute approximate surface area is 127 Å². The Kier molecular flexibility index (Phi) is 3.86. The molecule has 2 aromatic rings. The molecule has 0 amide bonds. The molecule has 0 aliphatic heterocycles. The lowest BCUT2D eigenvalue weighted by Gasteiger charge is -2.31. The third-order valence-corrected chi connectivity index (χ3v) is 4.91. The largest absolute Gasteiger partial charge is 0.388 e. The van der Waals surface area contributed by atoms with Crippen LogP contribution in [0.4, 0.5) is 0 Å². The summed E-state index contributed by atoms with van der Waals surface area (Å²) in [7, 11) is 0. The summed E-state index contributed by atoms with van der Waals surface area (Å²) in [4.78, 5) is 0. The van der Waals surface area contributed by atoms with Crippen LogP contribution < -0.4 is 0 Å². The van der Waals surface area contributed by atoms with Crippen molar-refractivity contribution in [3.05, 3.63) is 69.8 Å². The molecule has 0 heterocycles. The molecule has 0 spiro atoms. The molecule has 110 valence electrons. The van der Waals surface area contributed by atoms with Crippen molar-refractivity contribution in [2.45, 2.75) is 46.1 Å². The minimum absolute atomic E-state index is 0.324. The van der Waals surface area contributed by atoms with Crippen molar-refractivity contribution in [1.82, 2.24) is 0 Å². The summed E-state index contributed by atoms with van der Waals surface area (Å²) >= 11 is 0. The first-order valence-corrected chi connectivity index (χ1v) is 7.89. The van der Waals surface area contributed by atoms with Crippen LogP contribution in [0.25, 0.3) is 0 Å². The fourth-order valence-electron chi connectivity index (χ4n) is 3.81. The molecule has 2 unspecified atom stereocenters. The molecule has 2 aromatic carbocycles. The highest BCUT2D eigenvalue weighted by Gasteiger charge is 2.28. The van der Waals surface area contributed by atoms with E-state index in [2.05, 4.69) is 51.1 Å². The van der Waals surface area contributed by atoms with Crippen LogP contribution in [0.2, 0.25) is 0 Å². The molecule has 21 heavy (non-hydrogen) atoms. The molecule has 1 nitrogen and oxygen atoms in total. The van der Waals surface area contributed by atoms with Crippen LogP contribution >= 0.6 is 0 Å². The lowest BCUT2D eigenvalue weighted by atomic mass is 9.77. The monoisotopic (exact) mass is 280 g/mol. The zero-order valence-corrected chi connectivity index (χ0v) is 13.2. The zero-order valence-electron chi connectivity index (χ0n) is 13.2. The van der Waals surface area contributed by atoms with Gasteiger partial charge in [-0.3, -0.25) is 0 Å². The van der Waals surface area contributed by atoms with Gasteiger partial charge in [0.1, 0.15) is 0 Å². The first kappa shape index (κ1) is 14.3. The fourth-order valence-corrected chi connectivity index (χ4v) is 3.81. The van der Waals surface area contributed by atoms with Crippen molar-refractivity contribution < 1.29 is 5.11 Å². The third-order valence-electron chi connectivity index (χ3n) is 4.91. The Morgan fingerprint density at radius 2 is 1.71 bits per heavy atom. The molecule has 0 saturated heterocycles. The lowest BCUT2D eigenvalue weighted by molar-refractivity contribution is 0.0935. The quantitative estimate of drug-likeness (QED) is 0.861. The van der Waals surface area contributed by atoms with Crippen molar-refractivity contribution in [3.63, 3.8) is 0 Å². The van der Waals surface area contributed by atoms with Crippen LogP contribution in [0.1, 0.15) is 45.9 Å². The smallest absolute Gasteiger partial charge is 0.0824 e. The summed E-state index contributed by atoms with van der Waals surface area (Å²) in [6, 6.07) is 12.8. The van der Waals surface area contributed by atoms with E-state index < -0.39 is 0 Å². The van der Waals surface area contributed by atoms with E-state index >= 15 is 0 Å². The normalized spacial score (nSPS) is 21.1. The van der Waals surface area contributed by atoms with Crippen LogP contribution in [-0.2, 0) is 12.8 Å². The van der Waals surface area contributed by atoms with Crippen LogP contribution in [0.15, 0.2) is 36.4 Å². The molecule has 0 radical (unpaired) electrons. The zero-order chi connectivity index (χ0) is 15.0. The Bertz CT molecular complexity index is 634. The van der Waals surface area contributed by atoms with E-state index in [0.717, 1.165) is 24.8 Å². The summed E-state index contributed by atoms with van der Waals surface area (Å²) in [5.41, 5.74) is 7.92. The molecule has 0 saturated carbocycles. The second-order valence-corrected chi connectivity index (χ2v) is 6.52. The maximum absolute atomic E-state index is 10.7. The molecule has 1 N–H and O–H groups in total. The van der Waals surface area contributed by atoms with Gasteiger partial charge in [-0.25, -0.2) is 0 Å². The highest BCUT2D eigenvalue weighted by molar-refractivity contribution is 5.39. The van der Waals surface area contributed by atoms with E-state index in [1.54, 1.807) is 0 Å². The average Bonchev–Trinajstić information content (AvgIpc) is 2.45. The van der Waals surface area contributed by atoms with Crippen LogP contribution in [0, 0.1) is 26.7 Å². The van der Waals surface area contributed by atoms with Crippen molar-refractivity contribution in [2.24, 2.45) is 5.92 Å². The van der Waals surface area contributed by atoms with Gasteiger partial charge in [0.25, 0.3) is 0 Å². The molecule has 1 aliphatic rings. The predicted octanol–water partition coefficient (Wildman–Crippen LogP) is 4.45. The topological polar surface area (TPSA) is 20.2 Å². The number of benzene rings is 2. The molecule has 0 fully saturated rings. The Hall–Kier alpha value is -1.60. The number of aryl methyl sites for hydroxylation is 4. The first-order chi connectivity index (χ1) is 10.1. The van der Waals surface area contributed by atoms with Gasteiger partial charge in [-0.15, -0.1) is 0 Å². The van der Waals surface area contributed by atoms with Gasteiger partial charge < -0.3 is 5.11 Å². The van der Waals surface area contributed by atoms with Gasteiger partial charge >= 0.3 is 0 Å². The summed E-state index contributed by atoms with van der Waals surface area (Å²) < 4.78 is 0. The van der Waals surface area contributed by atoms with Crippen molar-refractivity contribution >= 4 is 0 Å². The predicted molar refractivity (Wildman–Crippen MR) is 87.6 cm³/mol. The maximum atomic E-state index is 10.7. The van der Waals surface area contributed by atoms with Crippen molar-refractivity contribution in [1.29, 1.82) is 0 Å². The van der Waals surface area contributed by atoms with E-state index in [4.69, 9.17) is 0 Å². The molecule has 1 heteroatoms. The highest BCUT2D eigenvalue weighted by Crippen LogP contribution is 2.37. The van der Waals surface area contributed by atoms with E-state index in [-0.39, 0.29) is 6.10 Å². The standard InChI is InChI=1S/C20H24O/c1-13-10-14(2)19(15(3)11-13)12-17-9-8-16-6-4-5-7-18(16)20(17)21/h4-7,10-11,17,20-21H,8-9,12H2,1-3H3. The van der Waals surface area contributed by atoms with Gasteiger partial charge in [-0.2, -0.15) is 0 Å². The molecular formula is C20H24O. The van der Waals surface area contributed by atoms with Gasteiger partial charge in [-0.1, -0.05) is 42.0 Å². The van der Waals surface area contributed by atoms with Crippen molar-refractivity contribution in [3.8, 4) is 0 Å². The lowest BCUT2D eigenvalue weighted by Crippen LogP contribution is -2.23. The van der Waals surface area contributed by atoms with Gasteiger partial charge in [0.2, 0.25) is 0 Å². The van der Waals surface area contributed by atoms with Gasteiger partial charge in [0, 0.05) is 0 Å². The molecular weight excluding hydrogens is 256 g/mol. The molecule has 0 aromatic heterocycles. The number of aliphatic hydroxyl groups is 1. The Morgan fingerprint density at radius 1 is 1.05 bits per heavy atom. The fraction of sp³-hybridized carbons (Fsp3) is 0.400. The van der Waals surface area contributed by atoms with Crippen LogP contribution in [0.5, 0.6) is 0 Å². The minimum atomic E-state index is -0.324. The van der Waals surface area contributed by atoms with Crippen LogP contribution in [0.3, 0.4) is 0 Å². The summed E-state index contributed by atoms with van der Waals surface area (Å²) in [6.07, 6.45) is 2.82. The number of aliphatic hydroxyl groups excluding tert-OH is 1. The molecule has 2 atom stereocenters. The number of hydrogen-bond donors (Lipinski definition) is 1. The second kappa shape index (κ2) is 5.65. The first-order valence-electron chi connectivity index (χ1n) is 7.89. The van der Waals surface area contributed by atoms with Crippen molar-refractivity contribution in [2.75, 3.05) is 0 Å². The maximum Gasteiger partial charge on any atom is 0.0824 e. The Balaban J connectivity index is 1.87. The van der Waals surface area contributed by atoms with E-state index in [1.165, 1.54) is 27.8 Å². The average molecular weight is 280 g/mol. The summed E-state index contributed by atoms with van der Waals surface area (Å²) in [6.45, 7) is 6.53. The second-order valence-electron chi connectivity index (χ2n) is 6.52. The van der Waals surface area contributed by atoms with Gasteiger partial charge in [0.05, 0.1) is 6.10 Å². The minimum Gasteiger partial charge on any atom is -0.388 e. The molecule has 3 rings (SSSR count). The van der Waals surface area contributed by atoms with E-state index in [0.29, 0.717) is 5.92 Å². The number of rotatable bonds is 2. The summed E-state index contributed by atoms with van der Waals surface area (Å²) in [5, 5.41) is 10.7. The SMILES string of the molecule is Cc1cc(C)c(CC2CCc3ccccc3C2O)c(C)c1. The third kappa shape index (κ3) is 2.75. The van der Waals surface area contributed by atoms with Gasteiger partial charge in [0.15, 0.2) is 0 Å².